The fraction of sp³-hybridized carbons (Fsp3) is 0.0417. The van der Waals surface area contributed by atoms with Crippen molar-refractivity contribution >= 4 is 66.6 Å². The summed E-state index contributed by atoms with van der Waals surface area (Å²) in [6.45, 7) is 0. The maximum absolute atomic E-state index is 6.22. The fourth-order valence-corrected chi connectivity index (χ4v) is 7.82. The number of allylic oxidation sites excluding steroid dienone is 1. The third-order valence-electron chi connectivity index (χ3n) is 10.4. The van der Waals surface area contributed by atoms with Gasteiger partial charge in [-0.2, -0.15) is 0 Å². The van der Waals surface area contributed by atoms with Gasteiger partial charge in [-0.25, -0.2) is 0 Å². The SMILES string of the molecule is C1=CC(c2ccc3ccc(-c4cccc(N(c5ccc6oc7ccccc7c6c5)c5cccc6ccccc56)c4)cc3c2)Cc2ccccc21. The highest BCUT2D eigenvalue weighted by atomic mass is 16.3. The predicted molar refractivity (Wildman–Crippen MR) is 211 cm³/mol. The van der Waals surface area contributed by atoms with E-state index < -0.39 is 0 Å². The lowest BCUT2D eigenvalue weighted by Gasteiger charge is -2.27. The van der Waals surface area contributed by atoms with Gasteiger partial charge in [0, 0.05) is 33.5 Å². The highest BCUT2D eigenvalue weighted by Crippen LogP contribution is 2.42. The second-order valence-corrected chi connectivity index (χ2v) is 13.4. The van der Waals surface area contributed by atoms with Crippen LogP contribution in [-0.2, 0) is 6.42 Å². The zero-order valence-electron chi connectivity index (χ0n) is 27.5. The van der Waals surface area contributed by atoms with Crippen LogP contribution in [0.25, 0.3) is 60.7 Å². The Bertz CT molecular complexity index is 2760. The Kier molecular flexibility index (Phi) is 6.67. The van der Waals surface area contributed by atoms with Crippen molar-refractivity contribution in [2.45, 2.75) is 12.3 Å². The van der Waals surface area contributed by atoms with Crippen LogP contribution < -0.4 is 4.90 Å². The molecule has 0 aliphatic heterocycles. The molecule has 10 rings (SSSR count). The van der Waals surface area contributed by atoms with E-state index in [1.807, 2.05) is 12.1 Å². The molecule has 1 aliphatic carbocycles. The van der Waals surface area contributed by atoms with Crippen LogP contribution in [0.1, 0.15) is 22.6 Å². The zero-order chi connectivity index (χ0) is 33.0. The third-order valence-corrected chi connectivity index (χ3v) is 10.4. The van der Waals surface area contributed by atoms with Crippen molar-refractivity contribution in [3.8, 4) is 11.1 Å². The molecule has 2 nitrogen and oxygen atoms in total. The molecule has 0 fully saturated rings. The van der Waals surface area contributed by atoms with Gasteiger partial charge in [0.15, 0.2) is 0 Å². The summed E-state index contributed by atoms with van der Waals surface area (Å²) in [5.74, 6) is 0.375. The zero-order valence-corrected chi connectivity index (χ0v) is 27.5. The lowest BCUT2D eigenvalue weighted by Crippen LogP contribution is -2.10. The molecule has 0 amide bonds. The monoisotopic (exact) mass is 639 g/mol. The molecule has 0 bridgehead atoms. The molecule has 0 N–H and O–H groups in total. The lowest BCUT2D eigenvalue weighted by molar-refractivity contribution is 0.669. The van der Waals surface area contributed by atoms with Crippen LogP contribution in [0.3, 0.4) is 0 Å². The minimum absolute atomic E-state index is 0.375. The van der Waals surface area contributed by atoms with Crippen LogP contribution in [0, 0.1) is 0 Å². The van der Waals surface area contributed by atoms with Gasteiger partial charge in [-0.15, -0.1) is 0 Å². The van der Waals surface area contributed by atoms with Gasteiger partial charge in [-0.05, 0) is 98.9 Å². The number of hydrogen-bond donors (Lipinski definition) is 0. The molecule has 0 saturated heterocycles. The number of rotatable bonds is 5. The number of nitrogens with zero attached hydrogens (tertiary/aromatic N) is 1. The highest BCUT2D eigenvalue weighted by molar-refractivity contribution is 6.07. The molecule has 9 aromatic rings. The fourth-order valence-electron chi connectivity index (χ4n) is 7.82. The summed E-state index contributed by atoms with van der Waals surface area (Å²) in [5.41, 5.74) is 11.6. The summed E-state index contributed by atoms with van der Waals surface area (Å²) in [6, 6.07) is 61.5. The molecule has 1 aromatic heterocycles. The van der Waals surface area contributed by atoms with Crippen LogP contribution in [0.2, 0.25) is 0 Å². The van der Waals surface area contributed by atoms with Crippen LogP contribution in [-0.4, -0.2) is 0 Å². The van der Waals surface area contributed by atoms with Crippen molar-refractivity contribution in [3.63, 3.8) is 0 Å². The van der Waals surface area contributed by atoms with Gasteiger partial charge in [0.25, 0.3) is 0 Å². The molecule has 0 spiro atoms. The van der Waals surface area contributed by atoms with Gasteiger partial charge in [0.2, 0.25) is 0 Å². The number of benzene rings is 8. The first kappa shape index (κ1) is 28.6. The number of fused-ring (bicyclic) bond motifs is 6. The quantitative estimate of drug-likeness (QED) is 0.186. The topological polar surface area (TPSA) is 16.4 Å². The van der Waals surface area contributed by atoms with E-state index in [1.165, 1.54) is 49.4 Å². The molecule has 1 heterocycles. The molecule has 1 aliphatic rings. The van der Waals surface area contributed by atoms with Gasteiger partial charge in [0.05, 0.1) is 5.69 Å². The molecule has 0 saturated carbocycles. The molecule has 8 aromatic carbocycles. The van der Waals surface area contributed by atoms with Crippen LogP contribution in [0.4, 0.5) is 17.1 Å². The Morgan fingerprint density at radius 2 is 1.24 bits per heavy atom. The molecular formula is C48H33NO. The van der Waals surface area contributed by atoms with E-state index in [0.717, 1.165) is 45.4 Å². The predicted octanol–water partition coefficient (Wildman–Crippen LogP) is 13.4. The Morgan fingerprint density at radius 3 is 2.22 bits per heavy atom. The van der Waals surface area contributed by atoms with E-state index in [9.17, 15) is 0 Å². The van der Waals surface area contributed by atoms with E-state index in [1.54, 1.807) is 0 Å². The standard InChI is InChI=1S/C48H33NO/c1-2-11-35-27-37(22-19-32(35)9-1)39-24-21-33-20-23-38(28-40(33)29-39)36-13-7-14-41(30-36)49(46-17-8-12-34-10-3-4-15-43(34)46)42-25-26-48-45(31-42)44-16-5-6-18-47(44)50-48/h1-26,28-31,37H,27H2. The molecule has 50 heavy (non-hydrogen) atoms. The molecule has 2 heteroatoms. The largest absolute Gasteiger partial charge is 0.456 e. The second kappa shape index (κ2) is 11.6. The summed E-state index contributed by atoms with van der Waals surface area (Å²) < 4.78 is 6.22. The van der Waals surface area contributed by atoms with Crippen LogP contribution in [0.15, 0.2) is 180 Å². The molecule has 1 unspecified atom stereocenters. The summed E-state index contributed by atoms with van der Waals surface area (Å²) in [7, 11) is 0. The van der Waals surface area contributed by atoms with Crippen LogP contribution in [0.5, 0.6) is 0 Å². The Morgan fingerprint density at radius 1 is 0.480 bits per heavy atom. The Labute approximate surface area is 291 Å². The minimum atomic E-state index is 0.375. The highest BCUT2D eigenvalue weighted by Gasteiger charge is 2.19. The third kappa shape index (κ3) is 4.88. The van der Waals surface area contributed by atoms with E-state index in [4.69, 9.17) is 4.42 Å². The van der Waals surface area contributed by atoms with E-state index in [0.29, 0.717) is 5.92 Å². The molecule has 236 valence electrons. The van der Waals surface area contributed by atoms with E-state index in [-0.39, 0.29) is 0 Å². The number of anilines is 3. The molecule has 1 atom stereocenters. The maximum Gasteiger partial charge on any atom is 0.135 e. The number of para-hydroxylation sites is 1. The van der Waals surface area contributed by atoms with Crippen molar-refractivity contribution in [3.05, 3.63) is 193 Å². The first-order chi connectivity index (χ1) is 24.7. The van der Waals surface area contributed by atoms with E-state index >= 15 is 0 Å². The lowest BCUT2D eigenvalue weighted by atomic mass is 9.84. The first-order valence-electron chi connectivity index (χ1n) is 17.3. The van der Waals surface area contributed by atoms with Crippen molar-refractivity contribution in [2.75, 3.05) is 4.90 Å². The van der Waals surface area contributed by atoms with Gasteiger partial charge in [0.1, 0.15) is 11.2 Å². The van der Waals surface area contributed by atoms with Gasteiger partial charge < -0.3 is 9.32 Å². The average Bonchev–Trinajstić information content (AvgIpc) is 3.56. The maximum atomic E-state index is 6.22. The summed E-state index contributed by atoms with van der Waals surface area (Å²) >= 11 is 0. The second-order valence-electron chi connectivity index (χ2n) is 13.4. The van der Waals surface area contributed by atoms with Crippen molar-refractivity contribution < 1.29 is 4.42 Å². The van der Waals surface area contributed by atoms with Crippen molar-refractivity contribution in [2.24, 2.45) is 0 Å². The Balaban J connectivity index is 1.09. The molecular weight excluding hydrogens is 607 g/mol. The summed E-state index contributed by atoms with van der Waals surface area (Å²) in [6.07, 6.45) is 5.68. The van der Waals surface area contributed by atoms with E-state index in [2.05, 4.69) is 175 Å². The number of hydrogen-bond acceptors (Lipinski definition) is 2. The smallest absolute Gasteiger partial charge is 0.135 e. The van der Waals surface area contributed by atoms with Crippen molar-refractivity contribution in [1.29, 1.82) is 0 Å². The molecule has 0 radical (unpaired) electrons. The van der Waals surface area contributed by atoms with Gasteiger partial charge in [-0.3, -0.25) is 0 Å². The average molecular weight is 640 g/mol. The number of furan rings is 1. The summed E-state index contributed by atoms with van der Waals surface area (Å²) in [4.78, 5) is 2.39. The Hall–Kier alpha value is -6.38. The summed E-state index contributed by atoms with van der Waals surface area (Å²) in [5, 5.41) is 7.17. The van der Waals surface area contributed by atoms with Gasteiger partial charge in [-0.1, -0.05) is 133 Å². The first-order valence-corrected chi connectivity index (χ1v) is 17.3. The normalized spacial score (nSPS) is 14.0. The van der Waals surface area contributed by atoms with Crippen LogP contribution >= 0.6 is 0 Å². The van der Waals surface area contributed by atoms with Crippen molar-refractivity contribution in [1.82, 2.24) is 0 Å². The minimum Gasteiger partial charge on any atom is -0.456 e. The van der Waals surface area contributed by atoms with Gasteiger partial charge >= 0.3 is 0 Å².